The van der Waals surface area contributed by atoms with E-state index in [0.29, 0.717) is 0 Å². The average molecular weight is 122 g/mol. The second kappa shape index (κ2) is 2.38. The number of aliphatic hydroxyl groups is 1. The van der Waals surface area contributed by atoms with Gasteiger partial charge in [0.15, 0.2) is 5.85 Å². The van der Waals surface area contributed by atoms with Crippen LogP contribution in [-0.2, 0) is 4.89 Å². The van der Waals surface area contributed by atoms with E-state index in [1.54, 1.807) is 0 Å². The lowest BCUT2D eigenvalue weighted by Gasteiger charge is -2.21. The summed E-state index contributed by atoms with van der Waals surface area (Å²) in [4.78, 5) is 3.61. The quantitative estimate of drug-likeness (QED) is 0.201. The zero-order chi connectivity index (χ0) is 6.78. The summed E-state index contributed by atoms with van der Waals surface area (Å²) in [6.45, 7) is 1.33. The molecule has 0 rings (SSSR count). The van der Waals surface area contributed by atoms with Crippen LogP contribution >= 0.6 is 0 Å². The van der Waals surface area contributed by atoms with Gasteiger partial charge in [-0.3, -0.25) is 16.7 Å². The summed E-state index contributed by atoms with van der Waals surface area (Å²) in [6, 6.07) is 0. The van der Waals surface area contributed by atoms with Gasteiger partial charge in [0.05, 0.1) is 0 Å². The van der Waals surface area contributed by atoms with Crippen molar-refractivity contribution < 1.29 is 15.3 Å². The molecule has 0 bridgehead atoms. The highest BCUT2D eigenvalue weighted by Gasteiger charge is 2.24. The molecule has 0 spiro atoms. The fourth-order valence-corrected chi connectivity index (χ4v) is 0.0844. The summed E-state index contributed by atoms with van der Waals surface area (Å²) >= 11 is 0. The van der Waals surface area contributed by atoms with Crippen molar-refractivity contribution in [2.24, 2.45) is 11.5 Å². The maximum atomic E-state index is 8.56. The van der Waals surface area contributed by atoms with Crippen molar-refractivity contribution >= 4 is 0 Å². The Kier molecular flexibility index (Phi) is 2.32. The largest absolute Gasteiger partial charge is 0.361 e. The van der Waals surface area contributed by atoms with Crippen molar-refractivity contribution in [3.8, 4) is 0 Å². The van der Waals surface area contributed by atoms with Crippen molar-refractivity contribution in [1.29, 1.82) is 0 Å². The van der Waals surface area contributed by atoms with E-state index < -0.39 is 12.0 Å². The topological polar surface area (TPSA) is 102 Å². The van der Waals surface area contributed by atoms with Crippen LogP contribution in [0.15, 0.2) is 0 Å². The van der Waals surface area contributed by atoms with Crippen LogP contribution in [-0.4, -0.2) is 22.3 Å². The smallest absolute Gasteiger partial charge is 0.197 e. The molecule has 0 saturated heterocycles. The summed E-state index contributed by atoms with van der Waals surface area (Å²) in [5.41, 5.74) is 9.68. The van der Waals surface area contributed by atoms with Crippen molar-refractivity contribution in [2.45, 2.75) is 18.9 Å². The van der Waals surface area contributed by atoms with Crippen LogP contribution < -0.4 is 11.5 Å². The predicted molar refractivity (Wildman–Crippen MR) is 26.5 cm³/mol. The molecule has 5 nitrogen and oxygen atoms in total. The number of rotatable bonds is 2. The van der Waals surface area contributed by atoms with Gasteiger partial charge >= 0.3 is 0 Å². The Hall–Kier alpha value is -0.200. The van der Waals surface area contributed by atoms with Crippen LogP contribution in [0.3, 0.4) is 0 Å². The highest BCUT2D eigenvalue weighted by atomic mass is 17.1. The number of nitrogens with two attached hydrogens (primary N) is 2. The van der Waals surface area contributed by atoms with E-state index in [1.807, 2.05) is 0 Å². The molecule has 0 aromatic carbocycles. The maximum absolute atomic E-state index is 8.56. The molecule has 50 valence electrons. The summed E-state index contributed by atoms with van der Waals surface area (Å²) in [5.74, 6) is -1.96. The number of hydrogen-bond acceptors (Lipinski definition) is 5. The molecule has 6 N–H and O–H groups in total. The minimum Gasteiger partial charge on any atom is -0.361 e. The van der Waals surface area contributed by atoms with Gasteiger partial charge in [0.25, 0.3) is 0 Å². The fraction of sp³-hybridized carbons (Fsp3) is 1.00. The lowest BCUT2D eigenvalue weighted by Crippen LogP contribution is -2.58. The van der Waals surface area contributed by atoms with Gasteiger partial charge in [-0.05, 0) is 6.92 Å². The molecule has 8 heavy (non-hydrogen) atoms. The average Bonchev–Trinajstić information content (AvgIpc) is 1.62. The Morgan fingerprint density at radius 2 is 2.00 bits per heavy atom. The minimum absolute atomic E-state index is 0.984. The van der Waals surface area contributed by atoms with E-state index in [-0.39, 0.29) is 0 Å². The predicted octanol–water partition coefficient (Wildman–Crippen LogP) is -1.57. The Morgan fingerprint density at radius 1 is 1.62 bits per heavy atom. The second-order valence-electron chi connectivity index (χ2n) is 1.63. The molecule has 0 heterocycles. The molecule has 5 heteroatoms. The summed E-state index contributed by atoms with van der Waals surface area (Å²) in [7, 11) is 0. The molecule has 0 aromatic heterocycles. The van der Waals surface area contributed by atoms with Gasteiger partial charge < -0.3 is 5.11 Å². The lowest BCUT2D eigenvalue weighted by molar-refractivity contribution is -0.308. The third-order valence-corrected chi connectivity index (χ3v) is 0.809. The SMILES string of the molecule is CC(OO)C(N)(N)O. The minimum atomic E-state index is -1.96. The summed E-state index contributed by atoms with van der Waals surface area (Å²) in [5, 5.41) is 16.4. The molecule has 0 saturated carbocycles. The Morgan fingerprint density at radius 3 is 2.00 bits per heavy atom. The highest BCUT2D eigenvalue weighted by molar-refractivity contribution is 4.67. The van der Waals surface area contributed by atoms with E-state index in [9.17, 15) is 0 Å². The van der Waals surface area contributed by atoms with Crippen LogP contribution in [0.1, 0.15) is 6.92 Å². The third-order valence-electron chi connectivity index (χ3n) is 0.809. The van der Waals surface area contributed by atoms with Gasteiger partial charge in [-0.1, -0.05) is 0 Å². The second-order valence-corrected chi connectivity index (χ2v) is 1.63. The van der Waals surface area contributed by atoms with E-state index in [4.69, 9.17) is 21.8 Å². The maximum Gasteiger partial charge on any atom is 0.197 e. The third kappa shape index (κ3) is 2.20. The van der Waals surface area contributed by atoms with Gasteiger partial charge in [-0.25, -0.2) is 4.89 Å². The molecule has 1 unspecified atom stereocenters. The number of hydrogen-bond donors (Lipinski definition) is 4. The Labute approximate surface area is 46.8 Å². The molecule has 0 amide bonds. The van der Waals surface area contributed by atoms with Gasteiger partial charge in [0.2, 0.25) is 0 Å². The molecule has 0 aliphatic carbocycles. The van der Waals surface area contributed by atoms with Crippen molar-refractivity contribution in [3.05, 3.63) is 0 Å². The summed E-state index contributed by atoms with van der Waals surface area (Å²) in [6.07, 6.45) is -0.984. The molecule has 0 aliphatic rings. The van der Waals surface area contributed by atoms with Gasteiger partial charge in [-0.15, -0.1) is 0 Å². The molecule has 1 atom stereocenters. The molecular formula is C3H10N2O3. The van der Waals surface area contributed by atoms with Gasteiger partial charge in [0, 0.05) is 0 Å². The Balaban J connectivity index is 3.62. The van der Waals surface area contributed by atoms with Crippen molar-refractivity contribution in [3.63, 3.8) is 0 Å². The zero-order valence-electron chi connectivity index (χ0n) is 4.53. The van der Waals surface area contributed by atoms with E-state index in [0.717, 1.165) is 0 Å². The molecule has 0 aromatic rings. The van der Waals surface area contributed by atoms with Crippen molar-refractivity contribution in [1.82, 2.24) is 0 Å². The van der Waals surface area contributed by atoms with E-state index in [1.165, 1.54) is 6.92 Å². The van der Waals surface area contributed by atoms with Crippen LogP contribution in [0.25, 0.3) is 0 Å². The first-order chi connectivity index (χ1) is 3.48. The first-order valence-electron chi connectivity index (χ1n) is 2.09. The lowest BCUT2D eigenvalue weighted by atomic mass is 10.3. The normalized spacial score (nSPS) is 16.1. The standard InChI is InChI=1S/C3H10N2O3/c1-2(8-7)3(4,5)6/h2,6-7H,4-5H2,1H3. The van der Waals surface area contributed by atoms with E-state index >= 15 is 0 Å². The molecular weight excluding hydrogens is 112 g/mol. The van der Waals surface area contributed by atoms with Gasteiger partial charge in [0.1, 0.15) is 6.10 Å². The zero-order valence-corrected chi connectivity index (χ0v) is 4.53. The first-order valence-corrected chi connectivity index (χ1v) is 2.09. The van der Waals surface area contributed by atoms with Crippen LogP contribution in [0.5, 0.6) is 0 Å². The fourth-order valence-electron chi connectivity index (χ4n) is 0.0844. The molecule has 0 aliphatic heterocycles. The monoisotopic (exact) mass is 122 g/mol. The van der Waals surface area contributed by atoms with Gasteiger partial charge in [-0.2, -0.15) is 0 Å². The molecule has 0 fully saturated rings. The molecule has 0 radical (unpaired) electrons. The highest BCUT2D eigenvalue weighted by Crippen LogP contribution is 1.95. The first kappa shape index (κ1) is 7.80. The van der Waals surface area contributed by atoms with Crippen molar-refractivity contribution in [2.75, 3.05) is 0 Å². The van der Waals surface area contributed by atoms with Crippen LogP contribution in [0.2, 0.25) is 0 Å². The van der Waals surface area contributed by atoms with Crippen LogP contribution in [0.4, 0.5) is 0 Å². The Bertz CT molecular complexity index is 69.4. The van der Waals surface area contributed by atoms with E-state index in [2.05, 4.69) is 4.89 Å². The summed E-state index contributed by atoms with van der Waals surface area (Å²) < 4.78 is 0. The van der Waals surface area contributed by atoms with Crippen LogP contribution in [0, 0.1) is 0 Å².